The SMILES string of the molecule is O=C(C1=CC=CN2CCS(=O)(=O)N=C12)N1CCN(c2ccc([N+](=O)[O-])cn2)CC1. The van der Waals surface area contributed by atoms with Crippen molar-refractivity contribution in [2.45, 2.75) is 0 Å². The third-order valence-electron chi connectivity index (χ3n) is 4.92. The molecule has 12 heteroatoms. The number of hydrogen-bond acceptors (Lipinski definition) is 8. The number of aromatic nitrogens is 1. The summed E-state index contributed by atoms with van der Waals surface area (Å²) in [6.07, 6.45) is 6.22. The van der Waals surface area contributed by atoms with Crippen molar-refractivity contribution >= 4 is 33.3 Å². The van der Waals surface area contributed by atoms with Gasteiger partial charge in [0.2, 0.25) is 0 Å². The molecule has 0 spiro atoms. The first kappa shape index (κ1) is 19.1. The van der Waals surface area contributed by atoms with Crippen molar-refractivity contribution < 1.29 is 18.1 Å². The molecule has 1 aromatic heterocycles. The molecule has 1 fully saturated rings. The molecule has 29 heavy (non-hydrogen) atoms. The number of carbonyl (C=O) groups excluding carboxylic acids is 1. The van der Waals surface area contributed by atoms with E-state index in [4.69, 9.17) is 0 Å². The van der Waals surface area contributed by atoms with Crippen LogP contribution >= 0.6 is 0 Å². The summed E-state index contributed by atoms with van der Waals surface area (Å²) < 4.78 is 27.5. The van der Waals surface area contributed by atoms with Gasteiger partial charge < -0.3 is 14.7 Å². The van der Waals surface area contributed by atoms with Crippen LogP contribution in [-0.4, -0.2) is 78.3 Å². The van der Waals surface area contributed by atoms with Gasteiger partial charge in [-0.1, -0.05) is 0 Å². The average Bonchev–Trinajstić information content (AvgIpc) is 2.72. The van der Waals surface area contributed by atoms with Crippen LogP contribution in [0.3, 0.4) is 0 Å². The summed E-state index contributed by atoms with van der Waals surface area (Å²) in [5, 5.41) is 10.7. The van der Waals surface area contributed by atoms with E-state index >= 15 is 0 Å². The Morgan fingerprint density at radius 1 is 1.14 bits per heavy atom. The molecule has 4 heterocycles. The number of piperazine rings is 1. The normalized spacial score (nSPS) is 20.6. The minimum atomic E-state index is -3.57. The van der Waals surface area contributed by atoms with Gasteiger partial charge >= 0.3 is 0 Å². The summed E-state index contributed by atoms with van der Waals surface area (Å²) in [6, 6.07) is 2.98. The monoisotopic (exact) mass is 418 g/mol. The van der Waals surface area contributed by atoms with Crippen LogP contribution in [0.4, 0.5) is 11.5 Å². The summed E-state index contributed by atoms with van der Waals surface area (Å²) in [7, 11) is -3.57. The third-order valence-corrected chi connectivity index (χ3v) is 6.07. The van der Waals surface area contributed by atoms with Gasteiger partial charge in [-0.15, -0.1) is 4.40 Å². The van der Waals surface area contributed by atoms with E-state index in [2.05, 4.69) is 9.38 Å². The molecule has 0 aliphatic carbocycles. The fourth-order valence-corrected chi connectivity index (χ4v) is 4.35. The molecule has 0 aromatic carbocycles. The summed E-state index contributed by atoms with van der Waals surface area (Å²) in [4.78, 5) is 32.6. The fraction of sp³-hybridized carbons (Fsp3) is 0.353. The van der Waals surface area contributed by atoms with Crippen LogP contribution in [0.1, 0.15) is 0 Å². The Morgan fingerprint density at radius 3 is 2.55 bits per heavy atom. The highest BCUT2D eigenvalue weighted by Crippen LogP contribution is 2.22. The maximum absolute atomic E-state index is 13.0. The van der Waals surface area contributed by atoms with Gasteiger partial charge in [0.15, 0.2) is 5.84 Å². The maximum atomic E-state index is 13.0. The number of anilines is 1. The van der Waals surface area contributed by atoms with Crippen LogP contribution in [0.25, 0.3) is 0 Å². The molecule has 3 aliphatic rings. The van der Waals surface area contributed by atoms with E-state index in [0.717, 1.165) is 0 Å². The Hall–Kier alpha value is -3.28. The van der Waals surface area contributed by atoms with E-state index < -0.39 is 14.9 Å². The van der Waals surface area contributed by atoms with Crippen LogP contribution in [0.15, 0.2) is 46.7 Å². The Balaban J connectivity index is 1.45. The number of nitro groups is 1. The highest BCUT2D eigenvalue weighted by atomic mass is 32.2. The van der Waals surface area contributed by atoms with Crippen molar-refractivity contribution in [1.29, 1.82) is 0 Å². The summed E-state index contributed by atoms with van der Waals surface area (Å²) in [6.45, 7) is 2.11. The molecule has 1 aromatic rings. The molecule has 0 saturated carbocycles. The van der Waals surface area contributed by atoms with Crippen LogP contribution in [0.5, 0.6) is 0 Å². The molecule has 0 atom stereocenters. The molecule has 4 rings (SSSR count). The van der Waals surface area contributed by atoms with E-state index in [1.165, 1.54) is 12.3 Å². The number of fused-ring (bicyclic) bond motifs is 1. The highest BCUT2D eigenvalue weighted by molar-refractivity contribution is 7.90. The summed E-state index contributed by atoms with van der Waals surface area (Å²) in [5.41, 5.74) is 0.185. The predicted molar refractivity (Wildman–Crippen MR) is 105 cm³/mol. The molecule has 11 nitrogen and oxygen atoms in total. The van der Waals surface area contributed by atoms with E-state index in [0.29, 0.717) is 32.0 Å². The number of amides is 1. The molecule has 0 bridgehead atoms. The number of hydrogen-bond donors (Lipinski definition) is 0. The minimum absolute atomic E-state index is 0.0763. The number of carbonyl (C=O) groups is 1. The van der Waals surface area contributed by atoms with Crippen molar-refractivity contribution in [2.75, 3.05) is 43.4 Å². The van der Waals surface area contributed by atoms with Gasteiger partial charge in [-0.05, 0) is 18.2 Å². The van der Waals surface area contributed by atoms with Gasteiger partial charge in [0.25, 0.3) is 21.6 Å². The molecule has 1 saturated heterocycles. The van der Waals surface area contributed by atoms with Crippen molar-refractivity contribution in [3.8, 4) is 0 Å². The molecule has 1 amide bonds. The van der Waals surface area contributed by atoms with Crippen LogP contribution in [0.2, 0.25) is 0 Å². The first-order valence-electron chi connectivity index (χ1n) is 8.97. The van der Waals surface area contributed by atoms with Crippen LogP contribution in [-0.2, 0) is 14.8 Å². The van der Waals surface area contributed by atoms with E-state index in [9.17, 15) is 23.3 Å². The Kier molecular flexibility index (Phi) is 4.78. The lowest BCUT2D eigenvalue weighted by molar-refractivity contribution is -0.385. The second-order valence-corrected chi connectivity index (χ2v) is 8.48. The van der Waals surface area contributed by atoms with Gasteiger partial charge in [0.1, 0.15) is 12.0 Å². The molecule has 3 aliphatic heterocycles. The van der Waals surface area contributed by atoms with Crippen molar-refractivity contribution in [2.24, 2.45) is 4.40 Å². The smallest absolute Gasteiger partial charge is 0.287 e. The highest BCUT2D eigenvalue weighted by Gasteiger charge is 2.33. The van der Waals surface area contributed by atoms with Gasteiger partial charge in [0.05, 0.1) is 16.2 Å². The Labute approximate surface area is 166 Å². The standard InChI is InChI=1S/C17H18N6O5S/c24-17(14-2-1-5-21-10-11-29(27,28)19-16(14)21)22-8-6-20(7-9-22)15-4-3-13(12-18-15)23(25)26/h1-5,12H,6-11H2. The van der Waals surface area contributed by atoms with E-state index in [1.54, 1.807) is 34.2 Å². The molecular formula is C17H18N6O5S. The van der Waals surface area contributed by atoms with Crippen LogP contribution < -0.4 is 4.90 Å². The molecule has 0 unspecified atom stereocenters. The lowest BCUT2D eigenvalue weighted by atomic mass is 10.1. The maximum Gasteiger partial charge on any atom is 0.287 e. The number of amidine groups is 1. The zero-order chi connectivity index (χ0) is 20.6. The molecule has 0 N–H and O–H groups in total. The zero-order valence-electron chi connectivity index (χ0n) is 15.3. The lowest BCUT2D eigenvalue weighted by Gasteiger charge is -2.37. The summed E-state index contributed by atoms with van der Waals surface area (Å²) in [5.74, 6) is 0.426. The Bertz CT molecular complexity index is 1040. The lowest BCUT2D eigenvalue weighted by Crippen LogP contribution is -2.51. The third kappa shape index (κ3) is 3.83. The van der Waals surface area contributed by atoms with Crippen molar-refractivity contribution in [3.63, 3.8) is 0 Å². The zero-order valence-corrected chi connectivity index (χ0v) is 16.2. The quantitative estimate of drug-likeness (QED) is 0.500. The minimum Gasteiger partial charge on any atom is -0.353 e. The predicted octanol–water partition coefficient (Wildman–Crippen LogP) is 0.136. The largest absolute Gasteiger partial charge is 0.353 e. The van der Waals surface area contributed by atoms with Gasteiger partial charge in [-0.2, -0.15) is 0 Å². The molecule has 152 valence electrons. The van der Waals surface area contributed by atoms with Crippen LogP contribution in [0, 0.1) is 10.1 Å². The van der Waals surface area contributed by atoms with Gasteiger partial charge in [-0.25, -0.2) is 13.4 Å². The number of pyridine rings is 1. The average molecular weight is 418 g/mol. The Morgan fingerprint density at radius 2 is 1.90 bits per heavy atom. The summed E-state index contributed by atoms with van der Waals surface area (Å²) >= 11 is 0. The number of rotatable bonds is 3. The first-order chi connectivity index (χ1) is 13.8. The van der Waals surface area contributed by atoms with E-state index in [-0.39, 0.29) is 35.3 Å². The number of sulfonamides is 1. The molecular weight excluding hydrogens is 400 g/mol. The first-order valence-corrected chi connectivity index (χ1v) is 10.6. The van der Waals surface area contributed by atoms with Gasteiger partial charge in [-0.3, -0.25) is 14.9 Å². The second kappa shape index (κ2) is 7.28. The van der Waals surface area contributed by atoms with Crippen molar-refractivity contribution in [3.05, 3.63) is 52.4 Å². The van der Waals surface area contributed by atoms with E-state index in [1.807, 2.05) is 4.90 Å². The second-order valence-electron chi connectivity index (χ2n) is 6.73. The fourth-order valence-electron chi connectivity index (χ4n) is 3.37. The van der Waals surface area contributed by atoms with Crippen molar-refractivity contribution in [1.82, 2.24) is 14.8 Å². The number of allylic oxidation sites excluding steroid dienone is 2. The van der Waals surface area contributed by atoms with Gasteiger partial charge in [0, 0.05) is 45.0 Å². The molecule has 0 radical (unpaired) electrons. The topological polar surface area (TPSA) is 129 Å². The number of nitrogens with zero attached hydrogens (tertiary/aromatic N) is 6.